The minimum absolute atomic E-state index is 0.0674. The van der Waals surface area contributed by atoms with Gasteiger partial charge in [-0.1, -0.05) is 30.3 Å². The quantitative estimate of drug-likeness (QED) is 0.846. The van der Waals surface area contributed by atoms with Crippen molar-refractivity contribution in [2.75, 3.05) is 18.0 Å². The Balaban J connectivity index is 1.63. The van der Waals surface area contributed by atoms with Crippen LogP contribution >= 0.6 is 0 Å². The molecule has 0 aromatic heterocycles. The zero-order valence-corrected chi connectivity index (χ0v) is 13.9. The van der Waals surface area contributed by atoms with Crippen molar-refractivity contribution in [2.24, 2.45) is 5.14 Å². The molecule has 0 spiro atoms. The van der Waals surface area contributed by atoms with Crippen LogP contribution in [-0.4, -0.2) is 27.4 Å². The summed E-state index contributed by atoms with van der Waals surface area (Å²) in [7, 11) is -3.70. The van der Waals surface area contributed by atoms with Crippen LogP contribution in [-0.2, 0) is 27.8 Å². The second kappa shape index (κ2) is 6.62. The van der Waals surface area contributed by atoms with Gasteiger partial charge in [0.2, 0.25) is 15.9 Å². The molecular weight excluding hydrogens is 326 g/mol. The molecule has 3 N–H and O–H groups in total. The van der Waals surface area contributed by atoms with E-state index in [9.17, 15) is 13.2 Å². The van der Waals surface area contributed by atoms with E-state index in [0.29, 0.717) is 19.5 Å². The number of nitrogens with one attached hydrogen (secondary N) is 1. The van der Waals surface area contributed by atoms with Gasteiger partial charge in [-0.3, -0.25) is 4.79 Å². The number of hydrogen-bond acceptors (Lipinski definition) is 4. The predicted octanol–water partition coefficient (Wildman–Crippen LogP) is 1.01. The molecule has 1 amide bonds. The van der Waals surface area contributed by atoms with Gasteiger partial charge in [0.1, 0.15) is 0 Å². The van der Waals surface area contributed by atoms with Gasteiger partial charge in [0.25, 0.3) is 0 Å². The zero-order valence-electron chi connectivity index (χ0n) is 13.1. The van der Waals surface area contributed by atoms with E-state index in [1.165, 1.54) is 6.07 Å². The molecule has 2 aromatic carbocycles. The number of primary sulfonamides is 1. The number of nitrogens with zero attached hydrogens (tertiary/aromatic N) is 1. The molecule has 0 unspecified atom stereocenters. The Bertz CT molecular complexity index is 851. The zero-order chi connectivity index (χ0) is 17.2. The second-order valence-electron chi connectivity index (χ2n) is 5.77. The molecule has 0 saturated heterocycles. The van der Waals surface area contributed by atoms with Crippen LogP contribution in [0, 0.1) is 0 Å². The van der Waals surface area contributed by atoms with Crippen LogP contribution in [0.15, 0.2) is 53.4 Å². The lowest BCUT2D eigenvalue weighted by atomic mass is 10.2. The highest BCUT2D eigenvalue weighted by atomic mass is 32.2. The molecule has 0 fully saturated rings. The fourth-order valence-corrected chi connectivity index (χ4v) is 3.38. The van der Waals surface area contributed by atoms with Crippen LogP contribution in [0.3, 0.4) is 0 Å². The fraction of sp³-hybridized carbons (Fsp3) is 0.235. The normalized spacial score (nSPS) is 13.6. The van der Waals surface area contributed by atoms with E-state index in [2.05, 4.69) is 5.32 Å². The number of fused-ring (bicyclic) bond motifs is 1. The fourth-order valence-electron chi connectivity index (χ4n) is 2.81. The van der Waals surface area contributed by atoms with Crippen molar-refractivity contribution in [3.8, 4) is 0 Å². The van der Waals surface area contributed by atoms with E-state index >= 15 is 0 Å². The van der Waals surface area contributed by atoms with Crippen molar-refractivity contribution in [1.82, 2.24) is 5.32 Å². The molecule has 0 aliphatic carbocycles. The highest BCUT2D eigenvalue weighted by Crippen LogP contribution is 2.29. The maximum atomic E-state index is 12.1. The van der Waals surface area contributed by atoms with Gasteiger partial charge in [-0.2, -0.15) is 0 Å². The number of nitrogens with two attached hydrogens (primary N) is 1. The van der Waals surface area contributed by atoms with Crippen molar-refractivity contribution in [3.05, 3.63) is 59.7 Å². The van der Waals surface area contributed by atoms with Gasteiger partial charge >= 0.3 is 0 Å². The summed E-state index contributed by atoms with van der Waals surface area (Å²) < 4.78 is 22.8. The summed E-state index contributed by atoms with van der Waals surface area (Å²) in [6, 6.07) is 14.5. The Morgan fingerprint density at radius 2 is 1.92 bits per heavy atom. The van der Waals surface area contributed by atoms with E-state index < -0.39 is 10.0 Å². The highest BCUT2D eigenvalue weighted by Gasteiger charge is 2.22. The lowest BCUT2D eigenvalue weighted by molar-refractivity contribution is -0.119. The Kier molecular flexibility index (Phi) is 4.55. The number of rotatable bonds is 5. The van der Waals surface area contributed by atoms with Crippen LogP contribution in [0.4, 0.5) is 5.69 Å². The van der Waals surface area contributed by atoms with Crippen molar-refractivity contribution in [2.45, 2.75) is 17.9 Å². The molecule has 2 aromatic rings. The average Bonchev–Trinajstić information content (AvgIpc) is 2.95. The number of anilines is 1. The van der Waals surface area contributed by atoms with Gasteiger partial charge in [-0.15, -0.1) is 0 Å². The number of carbonyl (C=O) groups is 1. The number of hydrogen-bond donors (Lipinski definition) is 2. The standard InChI is InChI=1S/C17H19N3O3S/c18-24(22,23)15-6-7-16-14(10-15)8-9-20(16)12-17(21)19-11-13-4-2-1-3-5-13/h1-7,10H,8-9,11-12H2,(H,19,21)(H2,18,22,23). The maximum Gasteiger partial charge on any atom is 0.239 e. The summed E-state index contributed by atoms with van der Waals surface area (Å²) in [6.45, 7) is 1.42. The minimum atomic E-state index is -3.70. The summed E-state index contributed by atoms with van der Waals surface area (Å²) in [6.07, 6.45) is 0.699. The number of carbonyl (C=O) groups excluding carboxylic acids is 1. The molecule has 0 radical (unpaired) electrons. The third-order valence-corrected chi connectivity index (χ3v) is 4.95. The van der Waals surface area contributed by atoms with Gasteiger partial charge in [-0.25, -0.2) is 13.6 Å². The van der Waals surface area contributed by atoms with E-state index in [-0.39, 0.29) is 17.3 Å². The topological polar surface area (TPSA) is 92.5 Å². The van der Waals surface area contributed by atoms with Gasteiger partial charge in [0, 0.05) is 18.8 Å². The van der Waals surface area contributed by atoms with E-state index in [0.717, 1.165) is 16.8 Å². The first kappa shape index (κ1) is 16.5. The van der Waals surface area contributed by atoms with E-state index in [1.54, 1.807) is 12.1 Å². The summed E-state index contributed by atoms with van der Waals surface area (Å²) >= 11 is 0. The number of sulfonamides is 1. The molecule has 1 aliphatic heterocycles. The summed E-state index contributed by atoms with van der Waals surface area (Å²) in [5.74, 6) is -0.0674. The molecule has 1 heterocycles. The van der Waals surface area contributed by atoms with Gasteiger partial charge in [0.15, 0.2) is 0 Å². The molecule has 0 bridgehead atoms. The van der Waals surface area contributed by atoms with Crippen molar-refractivity contribution in [3.63, 3.8) is 0 Å². The molecule has 126 valence electrons. The molecular formula is C17H19N3O3S. The van der Waals surface area contributed by atoms with Crippen LogP contribution in [0.1, 0.15) is 11.1 Å². The third kappa shape index (κ3) is 3.74. The van der Waals surface area contributed by atoms with Crippen molar-refractivity contribution < 1.29 is 13.2 Å². The number of amides is 1. The molecule has 3 rings (SSSR count). The minimum Gasteiger partial charge on any atom is -0.362 e. The maximum absolute atomic E-state index is 12.1. The first-order valence-corrected chi connectivity index (χ1v) is 9.19. The van der Waals surface area contributed by atoms with Crippen LogP contribution in [0.25, 0.3) is 0 Å². The smallest absolute Gasteiger partial charge is 0.239 e. The van der Waals surface area contributed by atoms with Gasteiger partial charge in [0.05, 0.1) is 11.4 Å². The Hall–Kier alpha value is -2.38. The van der Waals surface area contributed by atoms with E-state index in [1.807, 2.05) is 35.2 Å². The SMILES string of the molecule is NS(=O)(=O)c1ccc2c(c1)CCN2CC(=O)NCc1ccccc1. The van der Waals surface area contributed by atoms with Gasteiger partial charge in [-0.05, 0) is 35.7 Å². The van der Waals surface area contributed by atoms with Crippen molar-refractivity contribution in [1.29, 1.82) is 0 Å². The van der Waals surface area contributed by atoms with Gasteiger partial charge < -0.3 is 10.2 Å². The summed E-state index contributed by atoms with van der Waals surface area (Å²) in [5, 5.41) is 8.05. The van der Waals surface area contributed by atoms with Crippen LogP contribution < -0.4 is 15.4 Å². The summed E-state index contributed by atoms with van der Waals surface area (Å²) in [5.41, 5.74) is 2.83. The highest BCUT2D eigenvalue weighted by molar-refractivity contribution is 7.89. The largest absolute Gasteiger partial charge is 0.362 e. The predicted molar refractivity (Wildman–Crippen MR) is 92.0 cm³/mol. The summed E-state index contributed by atoms with van der Waals surface area (Å²) in [4.78, 5) is 14.2. The molecule has 0 saturated carbocycles. The Labute approximate surface area is 141 Å². The average molecular weight is 345 g/mol. The molecule has 0 atom stereocenters. The second-order valence-corrected chi connectivity index (χ2v) is 7.33. The molecule has 7 heteroatoms. The molecule has 6 nitrogen and oxygen atoms in total. The van der Waals surface area contributed by atoms with Crippen LogP contribution in [0.2, 0.25) is 0 Å². The molecule has 1 aliphatic rings. The third-order valence-electron chi connectivity index (χ3n) is 4.04. The van der Waals surface area contributed by atoms with Crippen LogP contribution in [0.5, 0.6) is 0 Å². The monoisotopic (exact) mass is 345 g/mol. The lowest BCUT2D eigenvalue weighted by Crippen LogP contribution is -2.36. The van der Waals surface area contributed by atoms with E-state index in [4.69, 9.17) is 5.14 Å². The first-order valence-electron chi connectivity index (χ1n) is 7.65. The Morgan fingerprint density at radius 3 is 2.62 bits per heavy atom. The Morgan fingerprint density at radius 1 is 1.17 bits per heavy atom. The molecule has 24 heavy (non-hydrogen) atoms. The number of benzene rings is 2. The lowest BCUT2D eigenvalue weighted by Gasteiger charge is -2.19. The first-order chi connectivity index (χ1) is 11.4. The van der Waals surface area contributed by atoms with Crippen molar-refractivity contribution >= 4 is 21.6 Å².